The second-order valence-corrected chi connectivity index (χ2v) is 7.79. The van der Waals surface area contributed by atoms with Gasteiger partial charge in [-0.3, -0.25) is 19.8 Å². The van der Waals surface area contributed by atoms with Crippen LogP contribution in [0.25, 0.3) is 6.08 Å². The molecule has 1 aliphatic heterocycles. The van der Waals surface area contributed by atoms with Crippen LogP contribution in [-0.4, -0.2) is 30.1 Å². The van der Waals surface area contributed by atoms with Crippen molar-refractivity contribution < 1.29 is 19.1 Å². The summed E-state index contributed by atoms with van der Waals surface area (Å²) in [4.78, 5) is 27.4. The molecule has 0 atom stereocenters. The first-order chi connectivity index (χ1) is 16.4. The Morgan fingerprint density at radius 2 is 1.91 bits per heavy atom. The second kappa shape index (κ2) is 11.3. The highest BCUT2D eigenvalue weighted by Gasteiger charge is 2.34. The van der Waals surface area contributed by atoms with Gasteiger partial charge in [0.05, 0.1) is 12.3 Å². The summed E-state index contributed by atoms with van der Waals surface area (Å²) in [5, 5.41) is 2.65. The first-order valence-corrected chi connectivity index (χ1v) is 11.3. The van der Waals surface area contributed by atoms with Crippen LogP contribution in [0.2, 0.25) is 0 Å². The number of hydrogen-bond donors (Lipinski definition) is 1. The predicted molar refractivity (Wildman–Crippen MR) is 138 cm³/mol. The van der Waals surface area contributed by atoms with Crippen LogP contribution in [-0.2, 0) is 22.4 Å². The quantitative estimate of drug-likeness (QED) is 0.194. The zero-order chi connectivity index (χ0) is 24.7. The van der Waals surface area contributed by atoms with E-state index in [0.717, 1.165) is 17.5 Å². The molecule has 34 heavy (non-hydrogen) atoms. The molecule has 3 rings (SSSR count). The number of terminal acetylenes is 1. The summed E-state index contributed by atoms with van der Waals surface area (Å²) in [5.41, 5.74) is 3.04. The number of carbonyl (C=O) groups excluding carboxylic acids is 2. The number of anilines is 1. The first kappa shape index (κ1) is 24.7. The highest BCUT2D eigenvalue weighted by molar-refractivity contribution is 7.80. The lowest BCUT2D eigenvalue weighted by Gasteiger charge is -2.29. The molecule has 0 unspecified atom stereocenters. The standard InChI is InChI=1S/C27H26N2O4S/c1-5-9-20-15-19(17-23(32-8-4)24(20)33-14-6-2)16-22-25(30)28-27(34)29(26(22)31)21-12-10-18(7-3)11-13-21/h2,5,10-13,15-17H,1,7-9,14H2,3-4H3,(H,28,30,34)/b22-16+. The zero-order valence-corrected chi connectivity index (χ0v) is 20.0. The Balaban J connectivity index is 2.05. The van der Waals surface area contributed by atoms with Gasteiger partial charge in [0, 0.05) is 5.56 Å². The van der Waals surface area contributed by atoms with Crippen molar-refractivity contribution in [3.63, 3.8) is 0 Å². The fourth-order valence-corrected chi connectivity index (χ4v) is 3.83. The smallest absolute Gasteiger partial charge is 0.270 e. The van der Waals surface area contributed by atoms with Crippen LogP contribution in [0.1, 0.15) is 30.5 Å². The van der Waals surface area contributed by atoms with Crippen molar-refractivity contribution in [1.29, 1.82) is 0 Å². The van der Waals surface area contributed by atoms with Gasteiger partial charge in [0.25, 0.3) is 11.8 Å². The summed E-state index contributed by atoms with van der Waals surface area (Å²) in [5.74, 6) is 2.36. The van der Waals surface area contributed by atoms with Gasteiger partial charge in [-0.05, 0) is 73.5 Å². The number of thiocarbonyl (C=S) groups is 1. The van der Waals surface area contributed by atoms with Crippen LogP contribution in [0.4, 0.5) is 5.69 Å². The van der Waals surface area contributed by atoms with E-state index in [4.69, 9.17) is 28.1 Å². The molecule has 6 nitrogen and oxygen atoms in total. The average Bonchev–Trinajstić information content (AvgIpc) is 2.82. The Morgan fingerprint density at radius 1 is 1.18 bits per heavy atom. The summed E-state index contributed by atoms with van der Waals surface area (Å²) in [6.45, 7) is 8.17. The van der Waals surface area contributed by atoms with Crippen LogP contribution < -0.4 is 19.7 Å². The molecule has 2 amide bonds. The van der Waals surface area contributed by atoms with Gasteiger partial charge >= 0.3 is 0 Å². The van der Waals surface area contributed by atoms with Gasteiger partial charge in [-0.2, -0.15) is 0 Å². The largest absolute Gasteiger partial charge is 0.490 e. The van der Waals surface area contributed by atoms with Crippen LogP contribution in [0.5, 0.6) is 11.5 Å². The van der Waals surface area contributed by atoms with E-state index < -0.39 is 11.8 Å². The Bertz CT molecular complexity index is 1190. The summed E-state index contributed by atoms with van der Waals surface area (Å²) in [6.07, 6.45) is 9.96. The van der Waals surface area contributed by atoms with Crippen molar-refractivity contribution in [3.8, 4) is 23.8 Å². The number of nitrogens with one attached hydrogen (secondary N) is 1. The molecule has 7 heteroatoms. The molecular weight excluding hydrogens is 448 g/mol. The molecule has 1 aliphatic rings. The normalized spacial score (nSPS) is 14.6. The van der Waals surface area contributed by atoms with Gasteiger partial charge in [-0.15, -0.1) is 13.0 Å². The molecule has 2 aromatic rings. The van der Waals surface area contributed by atoms with Crippen molar-refractivity contribution >= 4 is 40.9 Å². The molecule has 174 valence electrons. The van der Waals surface area contributed by atoms with E-state index in [1.54, 1.807) is 12.1 Å². The topological polar surface area (TPSA) is 67.9 Å². The monoisotopic (exact) mass is 474 g/mol. The van der Waals surface area contributed by atoms with Crippen molar-refractivity contribution in [3.05, 3.63) is 71.3 Å². The van der Waals surface area contributed by atoms with Crippen molar-refractivity contribution in [2.75, 3.05) is 18.1 Å². The van der Waals surface area contributed by atoms with Crippen LogP contribution in [0.3, 0.4) is 0 Å². The molecule has 0 aliphatic carbocycles. The van der Waals surface area contributed by atoms with E-state index in [1.165, 1.54) is 11.0 Å². The minimum Gasteiger partial charge on any atom is -0.490 e. The number of allylic oxidation sites excluding steroid dienone is 1. The molecule has 1 N–H and O–H groups in total. The number of benzene rings is 2. The number of carbonyl (C=O) groups is 2. The third kappa shape index (κ3) is 5.36. The van der Waals surface area contributed by atoms with E-state index in [9.17, 15) is 9.59 Å². The SMILES string of the molecule is C#CCOc1c(CC=C)cc(/C=C2\C(=O)NC(=S)N(c3ccc(CC)cc3)C2=O)cc1OCC. The average molecular weight is 475 g/mol. The molecule has 0 radical (unpaired) electrons. The third-order valence-corrected chi connectivity index (χ3v) is 5.42. The van der Waals surface area contributed by atoms with Crippen LogP contribution in [0, 0.1) is 12.3 Å². The highest BCUT2D eigenvalue weighted by atomic mass is 32.1. The van der Waals surface area contributed by atoms with Gasteiger partial charge < -0.3 is 9.47 Å². The number of amides is 2. The Hall–Kier alpha value is -3.89. The molecule has 0 aromatic heterocycles. The Labute approximate surface area is 205 Å². The minimum atomic E-state index is -0.563. The number of rotatable bonds is 9. The maximum Gasteiger partial charge on any atom is 0.270 e. The second-order valence-electron chi connectivity index (χ2n) is 7.40. The zero-order valence-electron chi connectivity index (χ0n) is 19.2. The van der Waals surface area contributed by atoms with Gasteiger partial charge in [0.2, 0.25) is 0 Å². The van der Waals surface area contributed by atoms with Gasteiger partial charge in [-0.1, -0.05) is 31.1 Å². The van der Waals surface area contributed by atoms with E-state index >= 15 is 0 Å². The summed E-state index contributed by atoms with van der Waals surface area (Å²) >= 11 is 5.29. The molecule has 0 bridgehead atoms. The summed E-state index contributed by atoms with van der Waals surface area (Å²) in [7, 11) is 0. The van der Waals surface area contributed by atoms with Gasteiger partial charge in [-0.25, -0.2) is 0 Å². The van der Waals surface area contributed by atoms with Gasteiger partial charge in [0.15, 0.2) is 16.6 Å². The maximum atomic E-state index is 13.4. The predicted octanol–water partition coefficient (Wildman–Crippen LogP) is 4.22. The fraction of sp³-hybridized carbons (Fsp3) is 0.222. The lowest BCUT2D eigenvalue weighted by Crippen LogP contribution is -2.54. The van der Waals surface area contributed by atoms with Crippen LogP contribution in [0.15, 0.2) is 54.6 Å². The highest BCUT2D eigenvalue weighted by Crippen LogP contribution is 2.35. The molecule has 0 spiro atoms. The molecule has 0 saturated carbocycles. The molecule has 1 fully saturated rings. The minimum absolute atomic E-state index is 0.0387. The first-order valence-electron chi connectivity index (χ1n) is 10.9. The number of nitrogens with zero attached hydrogens (tertiary/aromatic N) is 1. The van der Waals surface area contributed by atoms with E-state index in [1.807, 2.05) is 44.2 Å². The van der Waals surface area contributed by atoms with E-state index in [0.29, 0.717) is 35.8 Å². The molecule has 1 saturated heterocycles. The maximum absolute atomic E-state index is 13.4. The van der Waals surface area contributed by atoms with Crippen LogP contribution >= 0.6 is 12.2 Å². The van der Waals surface area contributed by atoms with Crippen molar-refractivity contribution in [2.24, 2.45) is 0 Å². The Morgan fingerprint density at radius 3 is 2.53 bits per heavy atom. The van der Waals surface area contributed by atoms with E-state index in [-0.39, 0.29) is 17.3 Å². The molecule has 1 heterocycles. The lowest BCUT2D eigenvalue weighted by molar-refractivity contribution is -0.122. The van der Waals surface area contributed by atoms with Gasteiger partial charge in [0.1, 0.15) is 12.2 Å². The third-order valence-electron chi connectivity index (χ3n) is 5.13. The number of ether oxygens (including phenoxy) is 2. The van der Waals surface area contributed by atoms with Crippen molar-refractivity contribution in [1.82, 2.24) is 5.32 Å². The van der Waals surface area contributed by atoms with Crippen molar-refractivity contribution in [2.45, 2.75) is 26.7 Å². The Kier molecular flexibility index (Phi) is 8.23. The molecule has 2 aromatic carbocycles. The lowest BCUT2D eigenvalue weighted by atomic mass is 10.0. The summed E-state index contributed by atoms with van der Waals surface area (Å²) < 4.78 is 11.5. The van der Waals surface area contributed by atoms with E-state index in [2.05, 4.69) is 17.8 Å². The number of aryl methyl sites for hydroxylation is 1. The molecular formula is C27H26N2O4S. The fourth-order valence-electron chi connectivity index (χ4n) is 3.55. The number of hydrogen-bond acceptors (Lipinski definition) is 5. The summed E-state index contributed by atoms with van der Waals surface area (Å²) in [6, 6.07) is 11.0.